The Balaban J connectivity index is 1.72. The van der Waals surface area contributed by atoms with E-state index in [1.807, 2.05) is 54.8 Å². The van der Waals surface area contributed by atoms with Gasteiger partial charge in [-0.25, -0.2) is 5.01 Å². The predicted molar refractivity (Wildman–Crippen MR) is 103 cm³/mol. The van der Waals surface area contributed by atoms with Crippen molar-refractivity contribution in [2.24, 2.45) is 0 Å². The highest BCUT2D eigenvalue weighted by atomic mass is 16.2. The lowest BCUT2D eigenvalue weighted by Gasteiger charge is -2.13. The van der Waals surface area contributed by atoms with Crippen LogP contribution in [-0.4, -0.2) is 21.4 Å². The first-order chi connectivity index (χ1) is 13.1. The Labute approximate surface area is 156 Å². The number of benzene rings is 1. The van der Waals surface area contributed by atoms with Crippen LogP contribution < -0.4 is 10.4 Å². The summed E-state index contributed by atoms with van der Waals surface area (Å²) in [6, 6.07) is 14.8. The second kappa shape index (κ2) is 6.57. The van der Waals surface area contributed by atoms with Crippen LogP contribution in [0.15, 0.2) is 66.5 Å². The van der Waals surface area contributed by atoms with Gasteiger partial charge in [0.2, 0.25) is 0 Å². The molecule has 0 unspecified atom stereocenters. The summed E-state index contributed by atoms with van der Waals surface area (Å²) >= 11 is 0. The number of nitrogens with zero attached hydrogens (tertiary/aromatic N) is 3. The number of nitrogens with one attached hydrogen (secondary N) is 1. The van der Waals surface area contributed by atoms with Crippen LogP contribution in [0.1, 0.15) is 17.0 Å². The summed E-state index contributed by atoms with van der Waals surface area (Å²) in [5, 5.41) is 1.27. The van der Waals surface area contributed by atoms with Crippen molar-refractivity contribution >= 4 is 23.6 Å². The van der Waals surface area contributed by atoms with E-state index in [1.165, 1.54) is 5.01 Å². The highest BCUT2D eigenvalue weighted by Crippen LogP contribution is 2.25. The summed E-state index contributed by atoms with van der Waals surface area (Å²) in [7, 11) is 0. The first-order valence-corrected chi connectivity index (χ1v) is 8.58. The number of para-hydroxylation sites is 1. The van der Waals surface area contributed by atoms with Gasteiger partial charge in [0.15, 0.2) is 0 Å². The zero-order valence-electron chi connectivity index (χ0n) is 15.0. The second-order valence-corrected chi connectivity index (χ2v) is 6.35. The Morgan fingerprint density at radius 1 is 1.00 bits per heavy atom. The van der Waals surface area contributed by atoms with Gasteiger partial charge in [-0.1, -0.05) is 18.2 Å². The molecule has 2 aromatic heterocycles. The molecule has 1 saturated heterocycles. The van der Waals surface area contributed by atoms with Crippen LogP contribution in [-0.2, 0) is 9.59 Å². The number of carbonyl (C=O) groups excluding carboxylic acids is 2. The van der Waals surface area contributed by atoms with Crippen molar-refractivity contribution in [3.63, 3.8) is 0 Å². The number of amides is 2. The Kier molecular flexibility index (Phi) is 4.08. The monoisotopic (exact) mass is 358 g/mol. The van der Waals surface area contributed by atoms with Crippen molar-refractivity contribution < 1.29 is 9.59 Å². The molecular weight excluding hydrogens is 340 g/mol. The lowest BCUT2D eigenvalue weighted by atomic mass is 10.1. The zero-order chi connectivity index (χ0) is 19.0. The van der Waals surface area contributed by atoms with E-state index in [2.05, 4.69) is 10.4 Å². The third kappa shape index (κ3) is 2.91. The molecule has 6 nitrogen and oxygen atoms in total. The second-order valence-electron chi connectivity index (χ2n) is 6.35. The Hall–Kier alpha value is -3.67. The molecule has 2 amide bonds. The van der Waals surface area contributed by atoms with E-state index in [0.717, 1.165) is 22.6 Å². The molecule has 0 aliphatic carbocycles. The first-order valence-electron chi connectivity index (χ1n) is 8.58. The van der Waals surface area contributed by atoms with Gasteiger partial charge in [-0.2, -0.15) is 0 Å². The van der Waals surface area contributed by atoms with Gasteiger partial charge in [0.25, 0.3) is 11.8 Å². The van der Waals surface area contributed by atoms with Gasteiger partial charge in [-0.3, -0.25) is 20.0 Å². The maximum atomic E-state index is 12.8. The standard InChI is InChI=1S/C21H18N4O2/c1-14-11-16(15(2)24(14)18-9-6-10-22-13-18)12-19-20(26)23-25(21(19)27)17-7-4-3-5-8-17/h3-13H,1-2H3,(H,23,26)/b19-12-. The van der Waals surface area contributed by atoms with Gasteiger partial charge in [0.05, 0.1) is 17.6 Å². The average molecular weight is 358 g/mol. The molecule has 3 aromatic rings. The number of anilines is 1. The molecule has 0 saturated carbocycles. The number of hydrogen-bond donors (Lipinski definition) is 1. The summed E-state index contributed by atoms with van der Waals surface area (Å²) in [5.41, 5.74) is 7.06. The molecule has 4 rings (SSSR count). The third-order valence-corrected chi connectivity index (χ3v) is 4.58. The van der Waals surface area contributed by atoms with Gasteiger partial charge in [-0.05, 0) is 55.8 Å². The van der Waals surface area contributed by atoms with Crippen LogP contribution in [0.5, 0.6) is 0 Å². The van der Waals surface area contributed by atoms with Crippen LogP contribution in [0.2, 0.25) is 0 Å². The van der Waals surface area contributed by atoms with E-state index < -0.39 is 5.91 Å². The van der Waals surface area contributed by atoms with Gasteiger partial charge in [0.1, 0.15) is 5.57 Å². The highest BCUT2D eigenvalue weighted by Gasteiger charge is 2.34. The number of aryl methyl sites for hydroxylation is 1. The van der Waals surface area contributed by atoms with Crippen molar-refractivity contribution in [2.45, 2.75) is 13.8 Å². The third-order valence-electron chi connectivity index (χ3n) is 4.58. The van der Waals surface area contributed by atoms with Gasteiger partial charge < -0.3 is 4.57 Å². The normalized spacial score (nSPS) is 15.5. The molecular formula is C21H18N4O2. The van der Waals surface area contributed by atoms with E-state index >= 15 is 0 Å². The smallest absolute Gasteiger partial charge is 0.282 e. The van der Waals surface area contributed by atoms with E-state index in [0.29, 0.717) is 5.69 Å². The summed E-state index contributed by atoms with van der Waals surface area (Å²) in [4.78, 5) is 29.3. The maximum Gasteiger partial charge on any atom is 0.282 e. The molecule has 27 heavy (non-hydrogen) atoms. The molecule has 6 heteroatoms. The van der Waals surface area contributed by atoms with Crippen LogP contribution >= 0.6 is 0 Å². The van der Waals surface area contributed by atoms with E-state index in [9.17, 15) is 9.59 Å². The maximum absolute atomic E-state index is 12.8. The van der Waals surface area contributed by atoms with Crippen molar-refractivity contribution in [3.8, 4) is 5.69 Å². The minimum absolute atomic E-state index is 0.116. The van der Waals surface area contributed by atoms with Crippen molar-refractivity contribution in [2.75, 3.05) is 5.01 Å². The molecule has 1 aliphatic rings. The molecule has 0 atom stereocenters. The molecule has 1 aliphatic heterocycles. The number of hydrazine groups is 1. The summed E-state index contributed by atoms with van der Waals surface area (Å²) in [6.45, 7) is 3.94. The van der Waals surface area contributed by atoms with Crippen LogP contribution in [0.3, 0.4) is 0 Å². The van der Waals surface area contributed by atoms with Gasteiger partial charge >= 0.3 is 0 Å². The van der Waals surface area contributed by atoms with Crippen LogP contribution in [0.4, 0.5) is 5.69 Å². The van der Waals surface area contributed by atoms with Crippen molar-refractivity contribution in [1.82, 2.24) is 15.0 Å². The van der Waals surface area contributed by atoms with E-state index in [1.54, 1.807) is 30.6 Å². The number of rotatable bonds is 3. The molecule has 0 spiro atoms. The largest absolute Gasteiger partial charge is 0.316 e. The Morgan fingerprint density at radius 3 is 2.44 bits per heavy atom. The van der Waals surface area contributed by atoms with Gasteiger partial charge in [0, 0.05) is 17.6 Å². The summed E-state index contributed by atoms with van der Waals surface area (Å²) < 4.78 is 2.05. The molecule has 0 radical (unpaired) electrons. The number of carbonyl (C=O) groups is 2. The Morgan fingerprint density at radius 2 is 1.74 bits per heavy atom. The lowest BCUT2D eigenvalue weighted by Crippen LogP contribution is -2.35. The number of pyridine rings is 1. The first kappa shape index (κ1) is 16.8. The summed E-state index contributed by atoms with van der Waals surface area (Å²) in [5.74, 6) is -0.771. The van der Waals surface area contributed by atoms with Crippen LogP contribution in [0, 0.1) is 13.8 Å². The van der Waals surface area contributed by atoms with Crippen LogP contribution in [0.25, 0.3) is 11.8 Å². The number of aromatic nitrogens is 2. The van der Waals surface area contributed by atoms with E-state index in [-0.39, 0.29) is 11.5 Å². The summed E-state index contributed by atoms with van der Waals surface area (Å²) in [6.07, 6.45) is 5.15. The number of hydrogen-bond acceptors (Lipinski definition) is 3. The topological polar surface area (TPSA) is 67.2 Å². The molecule has 1 N–H and O–H groups in total. The zero-order valence-corrected chi connectivity index (χ0v) is 15.0. The fourth-order valence-electron chi connectivity index (χ4n) is 3.29. The molecule has 0 bridgehead atoms. The minimum atomic E-state index is -0.407. The lowest BCUT2D eigenvalue weighted by molar-refractivity contribution is -0.117. The Bertz CT molecular complexity index is 1050. The molecule has 1 fully saturated rings. The fourth-order valence-corrected chi connectivity index (χ4v) is 3.29. The van der Waals surface area contributed by atoms with Crippen molar-refractivity contribution in [3.05, 3.63) is 83.4 Å². The van der Waals surface area contributed by atoms with E-state index in [4.69, 9.17) is 0 Å². The quantitative estimate of drug-likeness (QED) is 0.578. The molecule has 134 valence electrons. The van der Waals surface area contributed by atoms with Gasteiger partial charge in [-0.15, -0.1) is 0 Å². The SMILES string of the molecule is Cc1cc(/C=C2/C(=O)NN(c3ccccc3)C2=O)c(C)n1-c1cccnc1. The fraction of sp³-hybridized carbons (Fsp3) is 0.0952. The average Bonchev–Trinajstić information content (AvgIpc) is 3.13. The highest BCUT2D eigenvalue weighted by molar-refractivity contribution is 6.31. The predicted octanol–water partition coefficient (Wildman–Crippen LogP) is 2.95. The molecule has 1 aromatic carbocycles. The minimum Gasteiger partial charge on any atom is -0.316 e. The molecule has 3 heterocycles. The van der Waals surface area contributed by atoms with Crippen molar-refractivity contribution in [1.29, 1.82) is 0 Å².